The first-order valence-corrected chi connectivity index (χ1v) is 8.57. The summed E-state index contributed by atoms with van der Waals surface area (Å²) in [5.41, 5.74) is 1.99. The van der Waals surface area contributed by atoms with Crippen molar-refractivity contribution in [2.75, 3.05) is 20.1 Å². The van der Waals surface area contributed by atoms with E-state index in [0.29, 0.717) is 30.2 Å². The third-order valence-electron chi connectivity index (χ3n) is 4.01. The molecule has 7 heteroatoms. The highest BCUT2D eigenvalue weighted by Crippen LogP contribution is 2.10. The molecular formula is C20H26FIN4O. The Morgan fingerprint density at radius 2 is 1.78 bits per heavy atom. The zero-order valence-electron chi connectivity index (χ0n) is 15.8. The first-order chi connectivity index (χ1) is 12.5. The summed E-state index contributed by atoms with van der Waals surface area (Å²) in [4.78, 5) is 16.2. The number of nitrogens with zero attached hydrogens (tertiary/aromatic N) is 1. The van der Waals surface area contributed by atoms with Gasteiger partial charge >= 0.3 is 0 Å². The molecule has 0 saturated carbocycles. The molecule has 0 aliphatic carbocycles. The molecule has 0 fully saturated rings. The number of carbonyl (C=O) groups is 1. The molecule has 2 aromatic carbocycles. The van der Waals surface area contributed by atoms with Crippen molar-refractivity contribution in [3.05, 3.63) is 71.0 Å². The van der Waals surface area contributed by atoms with E-state index in [4.69, 9.17) is 0 Å². The van der Waals surface area contributed by atoms with Crippen molar-refractivity contribution in [3.63, 3.8) is 0 Å². The average Bonchev–Trinajstić information content (AvgIpc) is 2.66. The highest BCUT2D eigenvalue weighted by atomic mass is 127. The highest BCUT2D eigenvalue weighted by molar-refractivity contribution is 14.0. The molecule has 5 nitrogen and oxygen atoms in total. The summed E-state index contributed by atoms with van der Waals surface area (Å²) in [5, 5.41) is 9.20. The van der Waals surface area contributed by atoms with Crippen molar-refractivity contribution < 1.29 is 9.18 Å². The number of guanidine groups is 1. The molecule has 0 aliphatic rings. The lowest BCUT2D eigenvalue weighted by atomic mass is 10.1. The van der Waals surface area contributed by atoms with Crippen molar-refractivity contribution in [1.29, 1.82) is 0 Å². The Hall–Kier alpha value is -2.16. The fourth-order valence-electron chi connectivity index (χ4n) is 2.42. The first kappa shape index (κ1) is 22.9. The van der Waals surface area contributed by atoms with E-state index in [1.165, 1.54) is 6.07 Å². The van der Waals surface area contributed by atoms with Crippen molar-refractivity contribution in [1.82, 2.24) is 16.0 Å². The van der Waals surface area contributed by atoms with Crippen LogP contribution in [0.4, 0.5) is 4.39 Å². The summed E-state index contributed by atoms with van der Waals surface area (Å²) < 4.78 is 13.5. The van der Waals surface area contributed by atoms with E-state index >= 15 is 0 Å². The van der Waals surface area contributed by atoms with Crippen LogP contribution in [0.25, 0.3) is 0 Å². The molecule has 2 rings (SSSR count). The Morgan fingerprint density at radius 1 is 1.11 bits per heavy atom. The van der Waals surface area contributed by atoms with E-state index in [9.17, 15) is 9.18 Å². The maximum atomic E-state index is 13.5. The van der Waals surface area contributed by atoms with Crippen molar-refractivity contribution in [3.8, 4) is 0 Å². The third-order valence-corrected chi connectivity index (χ3v) is 4.01. The lowest BCUT2D eigenvalue weighted by Gasteiger charge is -2.18. The average molecular weight is 484 g/mol. The van der Waals surface area contributed by atoms with Crippen LogP contribution in [0, 0.1) is 12.7 Å². The third kappa shape index (κ3) is 7.16. The number of carbonyl (C=O) groups excluding carboxylic acids is 1. The van der Waals surface area contributed by atoms with Gasteiger partial charge in [0.2, 0.25) is 0 Å². The zero-order chi connectivity index (χ0) is 18.9. The number of halogens is 2. The summed E-state index contributed by atoms with van der Waals surface area (Å²) in [6, 6.07) is 14.6. The summed E-state index contributed by atoms with van der Waals surface area (Å²) in [7, 11) is 1.70. The van der Waals surface area contributed by atoms with Gasteiger partial charge in [0.25, 0.3) is 5.91 Å². The minimum atomic E-state index is -0.379. The SMILES string of the molecule is CN=C(NCCNC(=O)c1ccc(C)c(F)c1)NC(C)c1ccccc1.I. The molecular weight excluding hydrogens is 458 g/mol. The van der Waals surface area contributed by atoms with Crippen LogP contribution in [0.15, 0.2) is 53.5 Å². The van der Waals surface area contributed by atoms with E-state index in [1.54, 1.807) is 26.1 Å². The van der Waals surface area contributed by atoms with Gasteiger partial charge in [-0.05, 0) is 37.1 Å². The Kier molecular flexibility index (Phi) is 9.77. The van der Waals surface area contributed by atoms with E-state index in [-0.39, 0.29) is 41.7 Å². The summed E-state index contributed by atoms with van der Waals surface area (Å²) in [6.07, 6.45) is 0. The largest absolute Gasteiger partial charge is 0.355 e. The minimum absolute atomic E-state index is 0. The summed E-state index contributed by atoms with van der Waals surface area (Å²) >= 11 is 0. The Bertz CT molecular complexity index is 768. The van der Waals surface area contributed by atoms with E-state index in [2.05, 4.69) is 27.9 Å². The fourth-order valence-corrected chi connectivity index (χ4v) is 2.42. The van der Waals surface area contributed by atoms with Gasteiger partial charge in [0.1, 0.15) is 5.82 Å². The van der Waals surface area contributed by atoms with Gasteiger partial charge in [-0.2, -0.15) is 0 Å². The lowest BCUT2D eigenvalue weighted by Crippen LogP contribution is -2.42. The normalized spacial score (nSPS) is 11.9. The summed E-state index contributed by atoms with van der Waals surface area (Å²) in [6.45, 7) is 4.61. The number of aryl methyl sites for hydroxylation is 1. The number of hydrogen-bond acceptors (Lipinski definition) is 2. The number of nitrogens with one attached hydrogen (secondary N) is 3. The second kappa shape index (κ2) is 11.5. The zero-order valence-corrected chi connectivity index (χ0v) is 18.1. The summed E-state index contributed by atoms with van der Waals surface area (Å²) in [5.74, 6) is -0.0291. The molecule has 0 bridgehead atoms. The van der Waals surface area contributed by atoms with Gasteiger partial charge in [0.05, 0.1) is 6.04 Å². The molecule has 1 amide bonds. The molecule has 0 spiro atoms. The monoisotopic (exact) mass is 484 g/mol. The second-order valence-corrected chi connectivity index (χ2v) is 6.00. The van der Waals surface area contributed by atoms with E-state index in [1.807, 2.05) is 30.3 Å². The molecule has 146 valence electrons. The van der Waals surface area contributed by atoms with Gasteiger partial charge in [-0.3, -0.25) is 9.79 Å². The molecule has 0 aliphatic heterocycles. The van der Waals surface area contributed by atoms with Crippen LogP contribution in [0.3, 0.4) is 0 Å². The first-order valence-electron chi connectivity index (χ1n) is 8.57. The maximum Gasteiger partial charge on any atom is 0.251 e. The number of rotatable bonds is 6. The van der Waals surface area contributed by atoms with Crippen LogP contribution in [0.5, 0.6) is 0 Å². The molecule has 0 aromatic heterocycles. The van der Waals surface area contributed by atoms with Crippen molar-refractivity contribution >= 4 is 35.8 Å². The predicted octanol–water partition coefficient (Wildman–Crippen LogP) is 3.41. The minimum Gasteiger partial charge on any atom is -0.355 e. The Labute approximate surface area is 176 Å². The molecule has 1 unspecified atom stereocenters. The van der Waals surface area contributed by atoms with Crippen LogP contribution in [0.1, 0.15) is 34.5 Å². The molecule has 27 heavy (non-hydrogen) atoms. The molecule has 0 saturated heterocycles. The second-order valence-electron chi connectivity index (χ2n) is 6.00. The highest BCUT2D eigenvalue weighted by Gasteiger charge is 2.09. The smallest absolute Gasteiger partial charge is 0.251 e. The van der Waals surface area contributed by atoms with Crippen LogP contribution in [-0.4, -0.2) is 32.0 Å². The quantitative estimate of drug-likeness (QED) is 0.255. The molecule has 0 radical (unpaired) electrons. The van der Waals surface area contributed by atoms with Crippen molar-refractivity contribution in [2.24, 2.45) is 4.99 Å². The van der Waals surface area contributed by atoms with Crippen molar-refractivity contribution in [2.45, 2.75) is 19.9 Å². The van der Waals surface area contributed by atoms with Gasteiger partial charge in [-0.15, -0.1) is 24.0 Å². The fraction of sp³-hybridized carbons (Fsp3) is 0.300. The standard InChI is InChI=1S/C20H25FN4O.HI/c1-14-9-10-17(13-18(14)21)19(26)23-11-12-24-20(22-3)25-15(2)16-7-5-4-6-8-16;/h4-10,13,15H,11-12H2,1-3H3,(H,23,26)(H2,22,24,25);1H. The van der Waals surface area contributed by atoms with Crippen LogP contribution in [-0.2, 0) is 0 Å². The van der Waals surface area contributed by atoms with Gasteiger partial charge in [-0.25, -0.2) is 4.39 Å². The van der Waals surface area contributed by atoms with Crippen LogP contribution >= 0.6 is 24.0 Å². The number of hydrogen-bond donors (Lipinski definition) is 3. The lowest BCUT2D eigenvalue weighted by molar-refractivity contribution is 0.0954. The Morgan fingerprint density at radius 3 is 2.41 bits per heavy atom. The van der Waals surface area contributed by atoms with Gasteiger partial charge in [0, 0.05) is 25.7 Å². The number of benzene rings is 2. The number of aliphatic imine (C=N–C) groups is 1. The van der Waals surface area contributed by atoms with Gasteiger partial charge in [0.15, 0.2) is 5.96 Å². The maximum absolute atomic E-state index is 13.5. The molecule has 2 aromatic rings. The van der Waals surface area contributed by atoms with Crippen LogP contribution in [0.2, 0.25) is 0 Å². The number of amides is 1. The van der Waals surface area contributed by atoms with Gasteiger partial charge < -0.3 is 16.0 Å². The molecule has 0 heterocycles. The molecule has 3 N–H and O–H groups in total. The predicted molar refractivity (Wildman–Crippen MR) is 118 cm³/mol. The van der Waals surface area contributed by atoms with Crippen LogP contribution < -0.4 is 16.0 Å². The van der Waals surface area contributed by atoms with Gasteiger partial charge in [-0.1, -0.05) is 36.4 Å². The topological polar surface area (TPSA) is 65.5 Å². The molecule has 1 atom stereocenters. The van der Waals surface area contributed by atoms with E-state index in [0.717, 1.165) is 5.56 Å². The van der Waals surface area contributed by atoms with E-state index < -0.39 is 0 Å². The Balaban J connectivity index is 0.00000364.